The van der Waals surface area contributed by atoms with Crippen LogP contribution in [0.1, 0.15) is 24.8 Å². The molecule has 1 aromatic carbocycles. The molecule has 1 saturated heterocycles. The van der Waals surface area contributed by atoms with E-state index in [1.54, 1.807) is 21.3 Å². The van der Waals surface area contributed by atoms with Crippen LogP contribution in [0.15, 0.2) is 17.1 Å². The Balaban J connectivity index is 0.00000363. The number of aliphatic imine (C=N–C) groups is 1. The first-order chi connectivity index (χ1) is 15.2. The van der Waals surface area contributed by atoms with Crippen LogP contribution in [0.3, 0.4) is 0 Å². The van der Waals surface area contributed by atoms with Gasteiger partial charge in [0.05, 0.1) is 21.3 Å². The molecule has 0 atom stereocenters. The zero-order chi connectivity index (χ0) is 22.1. The molecule has 0 spiro atoms. The second-order valence-corrected chi connectivity index (χ2v) is 8.14. The molecule has 1 saturated carbocycles. The van der Waals surface area contributed by atoms with Crippen LogP contribution in [-0.2, 0) is 11.3 Å². The highest BCUT2D eigenvalue weighted by molar-refractivity contribution is 14.0. The van der Waals surface area contributed by atoms with E-state index in [1.807, 2.05) is 19.2 Å². The number of halogens is 1. The highest BCUT2D eigenvalue weighted by atomic mass is 127. The maximum Gasteiger partial charge on any atom is 0.203 e. The summed E-state index contributed by atoms with van der Waals surface area (Å²) in [5, 5.41) is 3.48. The Labute approximate surface area is 209 Å². The lowest BCUT2D eigenvalue weighted by molar-refractivity contribution is 0.122. The summed E-state index contributed by atoms with van der Waals surface area (Å²) in [6.45, 7) is 7.33. The summed E-state index contributed by atoms with van der Waals surface area (Å²) in [5.74, 6) is 3.83. The Kier molecular flexibility index (Phi) is 11.7. The van der Waals surface area contributed by atoms with Gasteiger partial charge in [0, 0.05) is 59.5 Å². The van der Waals surface area contributed by atoms with Crippen LogP contribution in [0, 0.1) is 5.92 Å². The molecule has 1 N–H and O–H groups in total. The first kappa shape index (κ1) is 26.8. The number of rotatable bonds is 11. The molecule has 0 unspecified atom stereocenters. The van der Waals surface area contributed by atoms with Gasteiger partial charge in [0.2, 0.25) is 5.75 Å². The summed E-state index contributed by atoms with van der Waals surface area (Å²) in [4.78, 5) is 9.24. The Morgan fingerprint density at radius 1 is 1.03 bits per heavy atom. The number of methoxy groups -OCH3 is 3. The third-order valence-corrected chi connectivity index (χ3v) is 5.81. The quantitative estimate of drug-likeness (QED) is 0.193. The van der Waals surface area contributed by atoms with Gasteiger partial charge in [-0.05, 0) is 42.9 Å². The van der Waals surface area contributed by atoms with Crippen molar-refractivity contribution in [2.24, 2.45) is 10.9 Å². The first-order valence-corrected chi connectivity index (χ1v) is 11.2. The van der Waals surface area contributed by atoms with Crippen LogP contribution in [0.2, 0.25) is 0 Å². The highest BCUT2D eigenvalue weighted by Gasteiger charge is 2.22. The van der Waals surface area contributed by atoms with Gasteiger partial charge in [-0.25, -0.2) is 0 Å². The van der Waals surface area contributed by atoms with Gasteiger partial charge in [-0.1, -0.05) is 0 Å². The molecule has 0 amide bonds. The molecule has 3 rings (SSSR count). The van der Waals surface area contributed by atoms with Crippen molar-refractivity contribution in [3.8, 4) is 17.2 Å². The first-order valence-electron chi connectivity index (χ1n) is 11.2. The molecule has 1 heterocycles. The summed E-state index contributed by atoms with van der Waals surface area (Å²) >= 11 is 0. The van der Waals surface area contributed by atoms with Crippen molar-refractivity contribution in [2.45, 2.75) is 25.8 Å². The van der Waals surface area contributed by atoms with E-state index in [1.165, 1.54) is 12.8 Å². The minimum absolute atomic E-state index is 0. The fourth-order valence-corrected chi connectivity index (χ4v) is 3.84. The summed E-state index contributed by atoms with van der Waals surface area (Å²) in [7, 11) is 6.78. The maximum atomic E-state index is 5.71. The molecule has 0 radical (unpaired) electrons. The number of nitrogens with zero attached hydrogens (tertiary/aromatic N) is 3. The van der Waals surface area contributed by atoms with Crippen LogP contribution in [-0.4, -0.2) is 90.1 Å². The molecule has 1 aliphatic carbocycles. The van der Waals surface area contributed by atoms with Gasteiger partial charge in [-0.3, -0.25) is 9.89 Å². The third-order valence-electron chi connectivity index (χ3n) is 5.81. The number of benzene rings is 1. The fraction of sp³-hybridized carbons (Fsp3) is 0.696. The predicted octanol–water partition coefficient (Wildman–Crippen LogP) is 2.84. The van der Waals surface area contributed by atoms with Crippen molar-refractivity contribution in [1.29, 1.82) is 0 Å². The fourth-order valence-electron chi connectivity index (χ4n) is 3.84. The van der Waals surface area contributed by atoms with Crippen molar-refractivity contribution >= 4 is 29.9 Å². The van der Waals surface area contributed by atoms with Gasteiger partial charge in [-0.15, -0.1) is 24.0 Å². The lowest BCUT2D eigenvalue weighted by Gasteiger charge is -2.36. The number of hydrogen-bond acceptors (Lipinski definition) is 6. The topological polar surface area (TPSA) is 67.8 Å². The average molecular weight is 562 g/mol. The van der Waals surface area contributed by atoms with Gasteiger partial charge in [0.1, 0.15) is 0 Å². The Morgan fingerprint density at radius 3 is 2.22 bits per heavy atom. The molecule has 2 aliphatic rings. The molecule has 1 aromatic rings. The van der Waals surface area contributed by atoms with E-state index < -0.39 is 0 Å². The van der Waals surface area contributed by atoms with Gasteiger partial charge >= 0.3 is 0 Å². The lowest BCUT2D eigenvalue weighted by atomic mass is 10.1. The number of hydrogen-bond donors (Lipinski definition) is 1. The monoisotopic (exact) mass is 562 g/mol. The standard InChI is InChI=1S/C23H38N4O4.HI/c1-24-23(25-8-5-13-31-17-18-6-7-18)27-11-9-26(10-12-27)16-19-14-20(28-2)22(30-4)21(15-19)29-3;/h14-15,18H,5-13,16-17H2,1-4H3,(H,24,25);1H. The van der Waals surface area contributed by atoms with Crippen molar-refractivity contribution < 1.29 is 18.9 Å². The number of guanidine groups is 1. The summed E-state index contributed by atoms with van der Waals surface area (Å²) < 4.78 is 22.1. The molecule has 0 bridgehead atoms. The van der Waals surface area contributed by atoms with E-state index in [-0.39, 0.29) is 24.0 Å². The van der Waals surface area contributed by atoms with Crippen LogP contribution >= 0.6 is 24.0 Å². The highest BCUT2D eigenvalue weighted by Crippen LogP contribution is 2.38. The van der Waals surface area contributed by atoms with Crippen molar-refractivity contribution in [3.05, 3.63) is 17.7 Å². The van der Waals surface area contributed by atoms with Crippen molar-refractivity contribution in [1.82, 2.24) is 15.1 Å². The maximum absolute atomic E-state index is 5.71. The molecular weight excluding hydrogens is 523 g/mol. The third kappa shape index (κ3) is 7.84. The van der Waals surface area contributed by atoms with E-state index in [0.717, 1.165) is 76.3 Å². The van der Waals surface area contributed by atoms with Crippen LogP contribution < -0.4 is 19.5 Å². The lowest BCUT2D eigenvalue weighted by Crippen LogP contribution is -2.52. The van der Waals surface area contributed by atoms with Crippen molar-refractivity contribution in [3.63, 3.8) is 0 Å². The molecule has 0 aromatic heterocycles. The molecule has 182 valence electrons. The molecule has 2 fully saturated rings. The molecular formula is C23H39IN4O4. The summed E-state index contributed by atoms with van der Waals surface area (Å²) in [5.41, 5.74) is 1.15. The largest absolute Gasteiger partial charge is 0.493 e. The van der Waals surface area contributed by atoms with Crippen LogP contribution in [0.4, 0.5) is 0 Å². The molecule has 8 nitrogen and oxygen atoms in total. The minimum atomic E-state index is 0. The smallest absolute Gasteiger partial charge is 0.203 e. The normalized spacial score (nSPS) is 17.0. The van der Waals surface area contributed by atoms with Gasteiger partial charge in [0.25, 0.3) is 0 Å². The van der Waals surface area contributed by atoms with Gasteiger partial charge < -0.3 is 29.2 Å². The second kappa shape index (κ2) is 13.9. The Bertz CT molecular complexity index is 697. The van der Waals surface area contributed by atoms with E-state index >= 15 is 0 Å². The summed E-state index contributed by atoms with van der Waals surface area (Å²) in [6.07, 6.45) is 3.69. The van der Waals surface area contributed by atoms with Gasteiger partial charge in [-0.2, -0.15) is 0 Å². The summed E-state index contributed by atoms with van der Waals surface area (Å²) in [6, 6.07) is 4.05. The molecule has 9 heteroatoms. The van der Waals surface area contributed by atoms with Crippen molar-refractivity contribution in [2.75, 3.05) is 74.3 Å². The minimum Gasteiger partial charge on any atom is -0.493 e. The zero-order valence-corrected chi connectivity index (χ0v) is 22.2. The zero-order valence-electron chi connectivity index (χ0n) is 19.9. The second-order valence-electron chi connectivity index (χ2n) is 8.14. The average Bonchev–Trinajstić information content (AvgIpc) is 3.63. The number of piperazine rings is 1. The Hall–Kier alpha value is -1.46. The van der Waals surface area contributed by atoms with E-state index in [4.69, 9.17) is 18.9 Å². The van der Waals surface area contributed by atoms with Crippen LogP contribution in [0.25, 0.3) is 0 Å². The predicted molar refractivity (Wildman–Crippen MR) is 138 cm³/mol. The van der Waals surface area contributed by atoms with E-state index in [2.05, 4.69) is 20.1 Å². The SMILES string of the molecule is CN=C(NCCCOCC1CC1)N1CCN(Cc2cc(OC)c(OC)c(OC)c2)CC1.I. The molecule has 1 aliphatic heterocycles. The number of ether oxygens (including phenoxy) is 4. The number of nitrogens with one attached hydrogen (secondary N) is 1. The van der Waals surface area contributed by atoms with Crippen LogP contribution in [0.5, 0.6) is 17.2 Å². The van der Waals surface area contributed by atoms with E-state index in [9.17, 15) is 0 Å². The molecule has 32 heavy (non-hydrogen) atoms. The Morgan fingerprint density at radius 2 is 1.69 bits per heavy atom. The van der Waals surface area contributed by atoms with Gasteiger partial charge in [0.15, 0.2) is 17.5 Å². The van der Waals surface area contributed by atoms with E-state index in [0.29, 0.717) is 17.2 Å².